The number of imide groups is 1. The minimum absolute atomic E-state index is 0.0686. The van der Waals surface area contributed by atoms with Gasteiger partial charge in [0.15, 0.2) is 6.61 Å². The lowest BCUT2D eigenvalue weighted by Crippen LogP contribution is -2.47. The number of nitrogens with one attached hydrogen (secondary N) is 1. The van der Waals surface area contributed by atoms with E-state index in [-0.39, 0.29) is 24.1 Å². The molecular formula is C24H20N2O6. The van der Waals surface area contributed by atoms with Crippen LogP contribution in [0.1, 0.15) is 32.0 Å². The number of carbonyl (C=O) groups is 4. The van der Waals surface area contributed by atoms with Crippen molar-refractivity contribution >= 4 is 23.7 Å². The van der Waals surface area contributed by atoms with Crippen molar-refractivity contribution in [3.63, 3.8) is 0 Å². The van der Waals surface area contributed by atoms with E-state index < -0.39 is 36.3 Å². The number of hydrogen-bond acceptors (Lipinski definition) is 6. The molecule has 3 amide bonds. The summed E-state index contributed by atoms with van der Waals surface area (Å²) in [6.07, 6.45) is 1.55. The number of esters is 1. The molecule has 0 unspecified atom stereocenters. The van der Waals surface area contributed by atoms with Crippen molar-refractivity contribution in [1.29, 1.82) is 0 Å². The van der Waals surface area contributed by atoms with Crippen LogP contribution in [0.5, 0.6) is 0 Å². The monoisotopic (exact) mass is 432 g/mol. The molecule has 1 aliphatic rings. The Hall–Kier alpha value is -4.20. The smallest absolute Gasteiger partial charge is 0.330 e. The van der Waals surface area contributed by atoms with Gasteiger partial charge in [-0.3, -0.25) is 19.3 Å². The number of benzene rings is 2. The highest BCUT2D eigenvalue weighted by molar-refractivity contribution is 6.22. The Bertz CT molecular complexity index is 1110. The van der Waals surface area contributed by atoms with Gasteiger partial charge in [0, 0.05) is 6.42 Å². The molecule has 1 N–H and O–H groups in total. The summed E-state index contributed by atoms with van der Waals surface area (Å²) in [5.74, 6) is -1.94. The summed E-state index contributed by atoms with van der Waals surface area (Å²) < 4.78 is 10.3. The number of hydrogen-bond donors (Lipinski definition) is 1. The maximum atomic E-state index is 12.9. The summed E-state index contributed by atoms with van der Waals surface area (Å²) in [4.78, 5) is 51.8. The number of nitrogens with zero attached hydrogens (tertiary/aromatic N) is 1. The van der Waals surface area contributed by atoms with Gasteiger partial charge in [0.1, 0.15) is 11.8 Å². The third-order valence-electron chi connectivity index (χ3n) is 5.07. The molecule has 2 heterocycles. The number of rotatable bonds is 8. The summed E-state index contributed by atoms with van der Waals surface area (Å²) in [5.41, 5.74) is 1.22. The SMILES string of the molecule is O=C(COC(=O)[C@@H](Cc1ccccc1)N1C(=O)c2ccccc2C1=O)NCc1ccco1. The minimum Gasteiger partial charge on any atom is -0.467 e. The highest BCUT2D eigenvalue weighted by Gasteiger charge is 2.43. The number of carbonyl (C=O) groups excluding carboxylic acids is 4. The molecule has 0 bridgehead atoms. The lowest BCUT2D eigenvalue weighted by Gasteiger charge is -2.24. The first-order valence-corrected chi connectivity index (χ1v) is 10.0. The van der Waals surface area contributed by atoms with E-state index in [9.17, 15) is 19.2 Å². The van der Waals surface area contributed by atoms with Gasteiger partial charge in [-0.2, -0.15) is 0 Å². The molecule has 0 saturated carbocycles. The van der Waals surface area contributed by atoms with E-state index >= 15 is 0 Å². The molecule has 1 aromatic heterocycles. The third-order valence-corrected chi connectivity index (χ3v) is 5.07. The van der Waals surface area contributed by atoms with Gasteiger partial charge in [-0.25, -0.2) is 4.79 Å². The van der Waals surface area contributed by atoms with Gasteiger partial charge >= 0.3 is 5.97 Å². The molecule has 1 atom stereocenters. The fourth-order valence-corrected chi connectivity index (χ4v) is 3.49. The predicted octanol–water partition coefficient (Wildman–Crippen LogP) is 2.35. The zero-order valence-corrected chi connectivity index (χ0v) is 17.0. The molecule has 162 valence electrons. The summed E-state index contributed by atoms with van der Waals surface area (Å²) in [6.45, 7) is -0.400. The molecule has 0 fully saturated rings. The highest BCUT2D eigenvalue weighted by Crippen LogP contribution is 2.26. The van der Waals surface area contributed by atoms with Gasteiger partial charge in [-0.05, 0) is 29.8 Å². The number of ether oxygens (including phenoxy) is 1. The van der Waals surface area contributed by atoms with Crippen molar-refractivity contribution in [3.8, 4) is 0 Å². The number of amides is 3. The molecule has 32 heavy (non-hydrogen) atoms. The molecule has 1 aliphatic heterocycles. The highest BCUT2D eigenvalue weighted by atomic mass is 16.5. The van der Waals surface area contributed by atoms with Crippen molar-refractivity contribution < 1.29 is 28.3 Å². The van der Waals surface area contributed by atoms with E-state index in [0.29, 0.717) is 5.76 Å². The predicted molar refractivity (Wildman–Crippen MR) is 112 cm³/mol. The first kappa shape index (κ1) is 21.0. The Labute approximate surface area is 183 Å². The van der Waals surface area contributed by atoms with Crippen LogP contribution in [-0.2, 0) is 27.3 Å². The molecular weight excluding hydrogens is 412 g/mol. The van der Waals surface area contributed by atoms with Crippen LogP contribution >= 0.6 is 0 Å². The van der Waals surface area contributed by atoms with Crippen molar-refractivity contribution in [2.75, 3.05) is 6.61 Å². The Morgan fingerprint density at radius 3 is 2.19 bits per heavy atom. The Balaban J connectivity index is 1.48. The summed E-state index contributed by atoms with van der Waals surface area (Å²) >= 11 is 0. The fourth-order valence-electron chi connectivity index (χ4n) is 3.49. The second-order valence-electron chi connectivity index (χ2n) is 7.20. The van der Waals surface area contributed by atoms with Crippen LogP contribution in [0, 0.1) is 0 Å². The van der Waals surface area contributed by atoms with E-state index in [0.717, 1.165) is 10.5 Å². The van der Waals surface area contributed by atoms with Crippen LogP contribution in [0.4, 0.5) is 0 Å². The van der Waals surface area contributed by atoms with Gasteiger partial charge in [0.25, 0.3) is 17.7 Å². The average Bonchev–Trinajstić information content (AvgIpc) is 3.42. The molecule has 2 aromatic carbocycles. The number of fused-ring (bicyclic) bond motifs is 1. The van der Waals surface area contributed by atoms with Crippen molar-refractivity contribution in [1.82, 2.24) is 10.2 Å². The maximum Gasteiger partial charge on any atom is 0.330 e. The van der Waals surface area contributed by atoms with Gasteiger partial charge < -0.3 is 14.5 Å². The summed E-state index contributed by atoms with van der Waals surface area (Å²) in [5, 5.41) is 2.57. The molecule has 4 rings (SSSR count). The summed E-state index contributed by atoms with van der Waals surface area (Å²) in [6, 6.07) is 17.6. The quantitative estimate of drug-likeness (QED) is 0.433. The van der Waals surface area contributed by atoms with Gasteiger partial charge in [0.2, 0.25) is 0 Å². The van der Waals surface area contributed by atoms with Gasteiger partial charge in [0.05, 0.1) is 23.9 Å². The molecule has 0 aliphatic carbocycles. The third kappa shape index (κ3) is 4.44. The van der Waals surface area contributed by atoms with Crippen molar-refractivity contribution in [3.05, 3.63) is 95.4 Å². The van der Waals surface area contributed by atoms with Crippen LogP contribution in [0.25, 0.3) is 0 Å². The maximum absolute atomic E-state index is 12.9. The van der Waals surface area contributed by atoms with Crippen molar-refractivity contribution in [2.24, 2.45) is 0 Å². The first-order valence-electron chi connectivity index (χ1n) is 10.0. The Morgan fingerprint density at radius 2 is 1.56 bits per heavy atom. The number of furan rings is 1. The van der Waals surface area contributed by atoms with Gasteiger partial charge in [-0.1, -0.05) is 42.5 Å². The van der Waals surface area contributed by atoms with Crippen LogP contribution < -0.4 is 5.32 Å². The van der Waals surface area contributed by atoms with E-state index in [1.165, 1.54) is 6.26 Å². The molecule has 0 saturated heterocycles. The van der Waals surface area contributed by atoms with Crippen LogP contribution in [0.2, 0.25) is 0 Å². The van der Waals surface area contributed by atoms with Crippen LogP contribution in [0.3, 0.4) is 0 Å². The largest absolute Gasteiger partial charge is 0.467 e. The van der Waals surface area contributed by atoms with E-state index in [4.69, 9.17) is 9.15 Å². The zero-order valence-electron chi connectivity index (χ0n) is 17.0. The lowest BCUT2D eigenvalue weighted by atomic mass is 10.0. The molecule has 0 spiro atoms. The Morgan fingerprint density at radius 1 is 0.906 bits per heavy atom. The van der Waals surface area contributed by atoms with E-state index in [2.05, 4.69) is 5.32 Å². The Kier molecular flexibility index (Phi) is 6.12. The second-order valence-corrected chi connectivity index (χ2v) is 7.20. The second kappa shape index (κ2) is 9.30. The van der Waals surface area contributed by atoms with Crippen LogP contribution in [0.15, 0.2) is 77.4 Å². The van der Waals surface area contributed by atoms with E-state index in [1.807, 2.05) is 6.07 Å². The van der Waals surface area contributed by atoms with Gasteiger partial charge in [-0.15, -0.1) is 0 Å². The molecule has 3 aromatic rings. The molecule has 8 heteroatoms. The van der Waals surface area contributed by atoms with E-state index in [1.54, 1.807) is 60.7 Å². The van der Waals surface area contributed by atoms with Crippen molar-refractivity contribution in [2.45, 2.75) is 19.0 Å². The minimum atomic E-state index is -1.21. The average molecular weight is 432 g/mol. The lowest BCUT2D eigenvalue weighted by molar-refractivity contribution is -0.152. The standard InChI is InChI=1S/C24H20N2O6/c27-21(25-14-17-9-6-12-31-17)15-32-24(30)20(13-16-7-2-1-3-8-16)26-22(28)18-10-4-5-11-19(18)23(26)29/h1-12,20H,13-15H2,(H,25,27)/t20-/m1/s1. The summed E-state index contributed by atoms with van der Waals surface area (Å²) in [7, 11) is 0. The first-order chi connectivity index (χ1) is 15.5. The fraction of sp³-hybridized carbons (Fsp3) is 0.167. The molecule has 8 nitrogen and oxygen atoms in total. The normalized spacial score (nSPS) is 13.6. The topological polar surface area (TPSA) is 106 Å². The van der Waals surface area contributed by atoms with Crippen LogP contribution in [-0.4, -0.2) is 41.2 Å². The molecule has 0 radical (unpaired) electrons. The zero-order chi connectivity index (χ0) is 22.5.